The topological polar surface area (TPSA) is 109 Å². The van der Waals surface area contributed by atoms with Gasteiger partial charge in [-0.15, -0.1) is 0 Å². The Labute approximate surface area is 208 Å². The molecule has 0 bridgehead atoms. The first-order valence-corrected chi connectivity index (χ1v) is 12.3. The Morgan fingerprint density at radius 3 is 2.86 bits per heavy atom. The number of aromatic hydroxyl groups is 1. The van der Waals surface area contributed by atoms with Crippen LogP contribution in [0.2, 0.25) is 0 Å². The fraction of sp³-hybridized carbons (Fsp3) is 0.321. The predicted octanol–water partition coefficient (Wildman–Crippen LogP) is 4.84. The minimum atomic E-state index is -0.120. The third kappa shape index (κ3) is 4.07. The molecule has 1 amide bonds. The number of phenolic OH excluding ortho intramolecular Hbond substituents is 1. The summed E-state index contributed by atoms with van der Waals surface area (Å²) in [7, 11) is 1.58. The van der Waals surface area contributed by atoms with Gasteiger partial charge in [-0.1, -0.05) is 18.9 Å². The zero-order valence-electron chi connectivity index (χ0n) is 20.1. The van der Waals surface area contributed by atoms with E-state index in [1.165, 1.54) is 12.8 Å². The fourth-order valence-corrected chi connectivity index (χ4v) is 5.52. The summed E-state index contributed by atoms with van der Waals surface area (Å²) < 4.78 is 11.5. The molecule has 3 N–H and O–H groups in total. The van der Waals surface area contributed by atoms with Crippen LogP contribution in [0.1, 0.15) is 42.5 Å². The van der Waals surface area contributed by atoms with Gasteiger partial charge in [-0.05, 0) is 67.3 Å². The lowest BCUT2D eigenvalue weighted by atomic mass is 9.96. The van der Waals surface area contributed by atoms with Gasteiger partial charge in [0, 0.05) is 17.3 Å². The molecule has 1 aliphatic heterocycles. The van der Waals surface area contributed by atoms with E-state index in [-0.39, 0.29) is 23.3 Å². The van der Waals surface area contributed by atoms with Crippen molar-refractivity contribution in [1.29, 1.82) is 0 Å². The molecule has 2 fully saturated rings. The summed E-state index contributed by atoms with van der Waals surface area (Å²) in [4.78, 5) is 25.2. The van der Waals surface area contributed by atoms with Crippen molar-refractivity contribution >= 4 is 16.9 Å². The number of amides is 1. The number of hydrogen-bond acceptors (Lipinski definition) is 6. The lowest BCUT2D eigenvalue weighted by Gasteiger charge is -2.21. The van der Waals surface area contributed by atoms with E-state index in [4.69, 9.17) is 9.47 Å². The molecule has 1 aliphatic carbocycles. The van der Waals surface area contributed by atoms with Crippen LogP contribution in [-0.4, -0.2) is 51.3 Å². The highest BCUT2D eigenvalue weighted by Crippen LogP contribution is 2.41. The minimum Gasteiger partial charge on any atom is -0.507 e. The summed E-state index contributed by atoms with van der Waals surface area (Å²) in [6.45, 7) is 0.569. The van der Waals surface area contributed by atoms with E-state index in [2.05, 4.69) is 20.3 Å². The minimum absolute atomic E-state index is 0.0312. The quantitative estimate of drug-likeness (QED) is 0.374. The number of pyridine rings is 1. The normalized spacial score (nSPS) is 18.6. The first kappa shape index (κ1) is 22.5. The van der Waals surface area contributed by atoms with Crippen LogP contribution in [0.5, 0.6) is 11.6 Å². The van der Waals surface area contributed by atoms with E-state index >= 15 is 0 Å². The maximum absolute atomic E-state index is 13.0. The molecule has 2 aliphatic rings. The largest absolute Gasteiger partial charge is 0.507 e. The van der Waals surface area contributed by atoms with E-state index in [0.29, 0.717) is 35.0 Å². The third-order valence-corrected chi connectivity index (χ3v) is 7.33. The summed E-state index contributed by atoms with van der Waals surface area (Å²) in [6, 6.07) is 14.5. The van der Waals surface area contributed by atoms with Gasteiger partial charge in [0.2, 0.25) is 5.88 Å². The number of imidazole rings is 1. The van der Waals surface area contributed by atoms with E-state index < -0.39 is 0 Å². The molecule has 6 rings (SSSR count). The number of ether oxygens (including phenoxy) is 2. The van der Waals surface area contributed by atoms with Gasteiger partial charge in [0.1, 0.15) is 11.6 Å². The summed E-state index contributed by atoms with van der Waals surface area (Å²) in [5, 5.41) is 13.7. The molecule has 0 radical (unpaired) electrons. The molecule has 1 atom stereocenters. The Hall–Kier alpha value is -3.91. The number of H-pyrrole nitrogens is 1. The van der Waals surface area contributed by atoms with E-state index in [1.54, 1.807) is 31.5 Å². The summed E-state index contributed by atoms with van der Waals surface area (Å²) in [6.07, 6.45) is 7.13. The molecule has 8 nitrogen and oxygen atoms in total. The number of nitrogens with zero attached hydrogens (tertiary/aromatic N) is 2. The zero-order chi connectivity index (χ0) is 24.7. The number of aromatic nitrogens is 3. The number of carbonyl (C=O) groups excluding carboxylic acids is 1. The van der Waals surface area contributed by atoms with Gasteiger partial charge in [-0.3, -0.25) is 4.79 Å². The van der Waals surface area contributed by atoms with E-state index in [9.17, 15) is 9.90 Å². The Balaban J connectivity index is 1.26. The molecule has 184 valence electrons. The molecular formula is C28H28N4O4. The van der Waals surface area contributed by atoms with Crippen LogP contribution in [0.4, 0.5) is 0 Å². The number of nitrogens with one attached hydrogen (secondary N) is 2. The van der Waals surface area contributed by atoms with Crippen molar-refractivity contribution < 1.29 is 19.4 Å². The second-order valence-corrected chi connectivity index (χ2v) is 9.69. The molecule has 1 saturated heterocycles. The monoisotopic (exact) mass is 484 g/mol. The van der Waals surface area contributed by atoms with E-state index in [0.717, 1.165) is 35.9 Å². The molecule has 1 unspecified atom stereocenters. The Morgan fingerprint density at radius 2 is 2.03 bits per heavy atom. The smallest absolute Gasteiger partial charge is 0.251 e. The Kier molecular flexibility index (Phi) is 5.60. The molecule has 1 spiro atoms. The van der Waals surface area contributed by atoms with Gasteiger partial charge in [0.25, 0.3) is 5.91 Å². The maximum atomic E-state index is 13.0. The highest BCUT2D eigenvalue weighted by molar-refractivity contribution is 5.98. The summed E-state index contributed by atoms with van der Waals surface area (Å²) in [5.74, 6) is 0.990. The van der Waals surface area contributed by atoms with Gasteiger partial charge in [-0.2, -0.15) is 0 Å². The molecule has 36 heavy (non-hydrogen) atoms. The highest BCUT2D eigenvalue weighted by atomic mass is 16.5. The number of fused-ring (bicyclic) bond motifs is 1. The van der Waals surface area contributed by atoms with E-state index in [1.807, 2.05) is 30.3 Å². The van der Waals surface area contributed by atoms with Crippen LogP contribution in [-0.2, 0) is 4.74 Å². The van der Waals surface area contributed by atoms with Crippen LogP contribution >= 0.6 is 0 Å². The van der Waals surface area contributed by atoms with Crippen LogP contribution in [0.3, 0.4) is 0 Å². The zero-order valence-corrected chi connectivity index (χ0v) is 20.1. The van der Waals surface area contributed by atoms with Crippen molar-refractivity contribution in [2.75, 3.05) is 13.7 Å². The standard InChI is InChI=1S/C28H28N4O4/c1-35-27-20(5-4-12-29-27)17-7-9-24(33)21(13-17)25-31-22-8-6-18(14-23(22)32-25)26(34)30-19-15-28(36-16-19)10-2-3-11-28/h4-9,12-14,19,33H,2-3,10-11,15-16H2,1H3,(H,30,34)(H,31,32). The molecule has 2 aromatic heterocycles. The Bertz CT molecular complexity index is 1440. The van der Waals surface area contributed by atoms with Crippen LogP contribution in [0, 0.1) is 0 Å². The fourth-order valence-electron chi connectivity index (χ4n) is 5.52. The van der Waals surface area contributed by atoms with Gasteiger partial charge in [0.15, 0.2) is 0 Å². The van der Waals surface area contributed by atoms with Crippen molar-refractivity contribution in [3.05, 3.63) is 60.3 Å². The van der Waals surface area contributed by atoms with Gasteiger partial charge >= 0.3 is 0 Å². The average molecular weight is 485 g/mol. The van der Waals surface area contributed by atoms with Crippen molar-refractivity contribution in [2.45, 2.75) is 43.7 Å². The highest BCUT2D eigenvalue weighted by Gasteiger charge is 2.42. The Morgan fingerprint density at radius 1 is 1.17 bits per heavy atom. The molecule has 4 aromatic rings. The number of aromatic amines is 1. The number of rotatable bonds is 5. The summed E-state index contributed by atoms with van der Waals surface area (Å²) >= 11 is 0. The molecular weight excluding hydrogens is 456 g/mol. The number of benzene rings is 2. The van der Waals surface area contributed by atoms with Crippen LogP contribution in [0.15, 0.2) is 54.7 Å². The van der Waals surface area contributed by atoms with Crippen LogP contribution < -0.4 is 10.1 Å². The lowest BCUT2D eigenvalue weighted by molar-refractivity contribution is 0.00987. The SMILES string of the molecule is COc1ncccc1-c1ccc(O)c(-c2nc3ccc(C(=O)NC4COC5(CCCC5)C4)cc3[nH]2)c1. The number of carbonyl (C=O) groups is 1. The number of methoxy groups -OCH3 is 1. The second kappa shape index (κ2) is 8.95. The van der Waals surface area contributed by atoms with Crippen molar-refractivity contribution in [1.82, 2.24) is 20.3 Å². The summed E-state index contributed by atoms with van der Waals surface area (Å²) in [5.41, 5.74) is 4.15. The van der Waals surface area contributed by atoms with Gasteiger partial charge in [-0.25, -0.2) is 9.97 Å². The number of phenols is 1. The first-order valence-electron chi connectivity index (χ1n) is 12.3. The third-order valence-electron chi connectivity index (χ3n) is 7.33. The van der Waals surface area contributed by atoms with Crippen molar-refractivity contribution in [3.8, 4) is 34.1 Å². The van der Waals surface area contributed by atoms with Crippen molar-refractivity contribution in [2.24, 2.45) is 0 Å². The molecule has 2 aromatic carbocycles. The lowest BCUT2D eigenvalue weighted by Crippen LogP contribution is -2.36. The number of hydrogen-bond donors (Lipinski definition) is 3. The average Bonchev–Trinajstić information content (AvgIpc) is 3.64. The molecule has 8 heteroatoms. The van der Waals surface area contributed by atoms with Gasteiger partial charge < -0.3 is 24.9 Å². The molecule has 3 heterocycles. The second-order valence-electron chi connectivity index (χ2n) is 9.69. The predicted molar refractivity (Wildman–Crippen MR) is 136 cm³/mol. The van der Waals surface area contributed by atoms with Gasteiger partial charge in [0.05, 0.1) is 42.0 Å². The van der Waals surface area contributed by atoms with Crippen molar-refractivity contribution in [3.63, 3.8) is 0 Å². The molecule has 1 saturated carbocycles. The first-order chi connectivity index (χ1) is 17.5. The maximum Gasteiger partial charge on any atom is 0.251 e. The van der Waals surface area contributed by atoms with Crippen LogP contribution in [0.25, 0.3) is 33.5 Å².